The van der Waals surface area contributed by atoms with Crippen LogP contribution >= 0.6 is 0 Å². The molecule has 35 heavy (non-hydrogen) atoms. The first kappa shape index (κ1) is 24.7. The number of benzene rings is 3. The minimum Gasteiger partial charge on any atom is -0.497 e. The summed E-state index contributed by atoms with van der Waals surface area (Å²) in [5, 5.41) is 0. The summed E-state index contributed by atoms with van der Waals surface area (Å²) >= 11 is 0. The van der Waals surface area contributed by atoms with E-state index in [9.17, 15) is 9.18 Å². The number of methoxy groups -OCH3 is 2. The summed E-state index contributed by atoms with van der Waals surface area (Å²) in [7, 11) is 3.35. The Hall–Kier alpha value is -3.38. The molecule has 0 bridgehead atoms. The molecule has 184 valence electrons. The summed E-state index contributed by atoms with van der Waals surface area (Å²) in [6.45, 7) is 5.31. The van der Waals surface area contributed by atoms with Crippen molar-refractivity contribution in [2.24, 2.45) is 5.92 Å². The van der Waals surface area contributed by atoms with Crippen molar-refractivity contribution in [3.63, 3.8) is 0 Å². The number of hydrogen-bond donors (Lipinski definition) is 0. The van der Waals surface area contributed by atoms with Gasteiger partial charge in [0.15, 0.2) is 0 Å². The van der Waals surface area contributed by atoms with Crippen LogP contribution in [0.4, 0.5) is 4.39 Å². The number of carbonyl (C=O) groups is 1. The first-order chi connectivity index (χ1) is 16.9. The van der Waals surface area contributed by atoms with Crippen molar-refractivity contribution in [3.8, 4) is 11.5 Å². The molecular formula is C29H33FN2O3. The fourth-order valence-electron chi connectivity index (χ4n) is 4.93. The second-order valence-corrected chi connectivity index (χ2v) is 9.21. The lowest BCUT2D eigenvalue weighted by Crippen LogP contribution is -2.35. The summed E-state index contributed by atoms with van der Waals surface area (Å²) < 4.78 is 24.1. The summed E-state index contributed by atoms with van der Waals surface area (Å²) in [6, 6.07) is 22.8. The molecule has 1 saturated heterocycles. The fraction of sp³-hybridized carbons (Fsp3) is 0.345. The second kappa shape index (κ2) is 11.4. The highest BCUT2D eigenvalue weighted by molar-refractivity contribution is 5.73. The molecule has 1 aliphatic rings. The lowest BCUT2D eigenvalue weighted by Gasteiger charge is -2.28. The van der Waals surface area contributed by atoms with Gasteiger partial charge in [0, 0.05) is 45.6 Å². The van der Waals surface area contributed by atoms with Crippen molar-refractivity contribution in [2.45, 2.75) is 25.9 Å². The van der Waals surface area contributed by atoms with E-state index in [0.29, 0.717) is 13.1 Å². The van der Waals surface area contributed by atoms with Gasteiger partial charge in [0.2, 0.25) is 5.91 Å². The zero-order chi connectivity index (χ0) is 24.8. The molecule has 1 heterocycles. The number of halogens is 1. The molecule has 2 unspecified atom stereocenters. The first-order valence-corrected chi connectivity index (χ1v) is 11.9. The number of nitrogens with zero attached hydrogens (tertiary/aromatic N) is 2. The molecule has 0 saturated carbocycles. The van der Waals surface area contributed by atoms with Gasteiger partial charge < -0.3 is 14.4 Å². The second-order valence-electron chi connectivity index (χ2n) is 9.21. The number of ether oxygens (including phenoxy) is 2. The molecule has 0 radical (unpaired) electrons. The summed E-state index contributed by atoms with van der Waals surface area (Å²) in [5.41, 5.74) is 3.37. The highest BCUT2D eigenvalue weighted by atomic mass is 19.1. The van der Waals surface area contributed by atoms with Crippen molar-refractivity contribution in [1.29, 1.82) is 0 Å². The Morgan fingerprint density at radius 3 is 2.31 bits per heavy atom. The Labute approximate surface area is 207 Å². The van der Waals surface area contributed by atoms with Gasteiger partial charge in [0.25, 0.3) is 0 Å². The van der Waals surface area contributed by atoms with Crippen LogP contribution in [0.3, 0.4) is 0 Å². The molecule has 0 aliphatic carbocycles. The molecule has 3 aromatic carbocycles. The molecule has 2 atom stereocenters. The zero-order valence-corrected chi connectivity index (χ0v) is 20.6. The van der Waals surface area contributed by atoms with Crippen LogP contribution in [-0.4, -0.2) is 49.6 Å². The monoisotopic (exact) mass is 476 g/mol. The smallest absolute Gasteiger partial charge is 0.219 e. The maximum atomic E-state index is 13.4. The molecule has 0 N–H and O–H groups in total. The molecule has 0 spiro atoms. The van der Waals surface area contributed by atoms with Crippen LogP contribution < -0.4 is 9.47 Å². The van der Waals surface area contributed by atoms with Gasteiger partial charge in [-0.15, -0.1) is 0 Å². The lowest BCUT2D eigenvalue weighted by atomic mass is 9.88. The maximum Gasteiger partial charge on any atom is 0.219 e. The Kier molecular flexibility index (Phi) is 8.03. The topological polar surface area (TPSA) is 42.0 Å². The van der Waals surface area contributed by atoms with E-state index in [4.69, 9.17) is 9.47 Å². The average Bonchev–Trinajstić information content (AvgIpc) is 3.27. The maximum absolute atomic E-state index is 13.4. The van der Waals surface area contributed by atoms with Crippen molar-refractivity contribution < 1.29 is 18.7 Å². The van der Waals surface area contributed by atoms with E-state index in [1.165, 1.54) is 23.3 Å². The summed E-state index contributed by atoms with van der Waals surface area (Å²) in [5.74, 6) is 1.98. The Balaban J connectivity index is 1.54. The Morgan fingerprint density at radius 2 is 1.66 bits per heavy atom. The highest BCUT2D eigenvalue weighted by Gasteiger charge is 2.35. The van der Waals surface area contributed by atoms with Gasteiger partial charge >= 0.3 is 0 Å². The molecule has 4 rings (SSSR count). The predicted molar refractivity (Wildman–Crippen MR) is 135 cm³/mol. The van der Waals surface area contributed by atoms with Gasteiger partial charge in [-0.1, -0.05) is 36.4 Å². The van der Waals surface area contributed by atoms with Crippen molar-refractivity contribution in [3.05, 3.63) is 95.3 Å². The SMILES string of the molecule is COc1ccc(C2CN(Cc3cccc(OC)c3)CC2CN(Cc2ccc(F)cc2)C(C)=O)cc1. The van der Waals surface area contributed by atoms with E-state index in [2.05, 4.69) is 29.2 Å². The number of rotatable bonds is 9. The standard InChI is InChI=1S/C29H33FN2O3/c1-21(33)32(17-22-7-11-26(30)12-8-22)19-25-18-31(16-23-5-4-6-28(15-23)35-3)20-29(25)24-9-13-27(34-2)14-10-24/h4-15,25,29H,16-20H2,1-3H3. The van der Waals surface area contributed by atoms with Gasteiger partial charge in [-0.3, -0.25) is 9.69 Å². The fourth-order valence-corrected chi connectivity index (χ4v) is 4.93. The van der Waals surface area contributed by atoms with E-state index < -0.39 is 0 Å². The summed E-state index contributed by atoms with van der Waals surface area (Å²) in [4.78, 5) is 16.9. The van der Waals surface area contributed by atoms with Gasteiger partial charge in [0.05, 0.1) is 14.2 Å². The van der Waals surface area contributed by atoms with Crippen LogP contribution in [0, 0.1) is 11.7 Å². The number of carbonyl (C=O) groups excluding carboxylic acids is 1. The van der Waals surface area contributed by atoms with Crippen molar-refractivity contribution in [1.82, 2.24) is 9.80 Å². The Bertz CT molecular complexity index is 1120. The normalized spacial score (nSPS) is 17.8. The van der Waals surface area contributed by atoms with E-state index in [1.54, 1.807) is 33.3 Å². The van der Waals surface area contributed by atoms with Gasteiger partial charge in [-0.05, 0) is 59.0 Å². The molecule has 1 aliphatic heterocycles. The van der Waals surface area contributed by atoms with Crippen LogP contribution in [-0.2, 0) is 17.9 Å². The molecule has 6 heteroatoms. The summed E-state index contributed by atoms with van der Waals surface area (Å²) in [6.07, 6.45) is 0. The van der Waals surface area contributed by atoms with Crippen molar-refractivity contribution >= 4 is 5.91 Å². The third-order valence-corrected chi connectivity index (χ3v) is 6.79. The zero-order valence-electron chi connectivity index (χ0n) is 20.6. The number of amides is 1. The van der Waals surface area contributed by atoms with E-state index >= 15 is 0 Å². The Morgan fingerprint density at radius 1 is 0.943 bits per heavy atom. The molecule has 1 fully saturated rings. The predicted octanol–water partition coefficient (Wildman–Crippen LogP) is 5.11. The van der Waals surface area contributed by atoms with Crippen LogP contribution in [0.5, 0.6) is 11.5 Å². The quantitative estimate of drug-likeness (QED) is 0.431. The van der Waals surface area contributed by atoms with Gasteiger partial charge in [-0.25, -0.2) is 4.39 Å². The third kappa shape index (κ3) is 6.40. The van der Waals surface area contributed by atoms with E-state index in [1.807, 2.05) is 29.2 Å². The average molecular weight is 477 g/mol. The molecule has 3 aromatic rings. The highest BCUT2D eigenvalue weighted by Crippen LogP contribution is 2.35. The van der Waals surface area contributed by atoms with Crippen LogP contribution in [0.2, 0.25) is 0 Å². The lowest BCUT2D eigenvalue weighted by molar-refractivity contribution is -0.130. The largest absolute Gasteiger partial charge is 0.497 e. The van der Waals surface area contributed by atoms with Gasteiger partial charge in [0.1, 0.15) is 17.3 Å². The molecule has 1 amide bonds. The third-order valence-electron chi connectivity index (χ3n) is 6.79. The van der Waals surface area contributed by atoms with Crippen molar-refractivity contribution in [2.75, 3.05) is 33.9 Å². The molecule has 0 aromatic heterocycles. The van der Waals surface area contributed by atoms with Gasteiger partial charge in [-0.2, -0.15) is 0 Å². The van der Waals surface area contributed by atoms with E-state index in [-0.39, 0.29) is 23.6 Å². The van der Waals surface area contributed by atoms with Crippen LogP contribution in [0.25, 0.3) is 0 Å². The molecule has 5 nitrogen and oxygen atoms in total. The number of hydrogen-bond acceptors (Lipinski definition) is 4. The minimum absolute atomic E-state index is 0.0223. The van der Waals surface area contributed by atoms with E-state index in [0.717, 1.165) is 36.7 Å². The minimum atomic E-state index is -0.272. The van der Waals surface area contributed by atoms with Crippen LogP contribution in [0.1, 0.15) is 29.5 Å². The van der Waals surface area contributed by atoms with Crippen LogP contribution in [0.15, 0.2) is 72.8 Å². The molecular weight excluding hydrogens is 443 g/mol. The first-order valence-electron chi connectivity index (χ1n) is 11.9. The number of likely N-dealkylation sites (tertiary alicyclic amines) is 1.